The number of ether oxygens (including phenoxy) is 1. The molecule has 1 aliphatic heterocycles. The standard InChI is InChI=1S/C18H18ClNOS/c1-20(2)9-10-21-16-11-13-5-3-4-6-17(13)22-18-8-7-14(19)12-15(16)18/h3-8,11-12H,9-10H2,1-2H3/i1D3,2D3. The van der Waals surface area contributed by atoms with Gasteiger partial charge in [-0.2, -0.15) is 0 Å². The molecular weight excluding hydrogens is 314 g/mol. The maximum absolute atomic E-state index is 7.45. The van der Waals surface area contributed by atoms with Gasteiger partial charge in [0.2, 0.25) is 0 Å². The highest BCUT2D eigenvalue weighted by Crippen LogP contribution is 2.41. The molecule has 0 saturated carbocycles. The third-order valence-corrected chi connectivity index (χ3v) is 4.61. The summed E-state index contributed by atoms with van der Waals surface area (Å²) in [6.07, 6.45) is 1.86. The number of halogens is 1. The fraction of sp³-hybridized carbons (Fsp3) is 0.222. The van der Waals surface area contributed by atoms with Crippen LogP contribution in [0, 0.1) is 0 Å². The van der Waals surface area contributed by atoms with Crippen molar-refractivity contribution in [3.63, 3.8) is 0 Å². The lowest BCUT2D eigenvalue weighted by atomic mass is 10.1. The van der Waals surface area contributed by atoms with Crippen molar-refractivity contribution < 1.29 is 13.0 Å². The van der Waals surface area contributed by atoms with Crippen LogP contribution in [0.2, 0.25) is 5.02 Å². The van der Waals surface area contributed by atoms with Gasteiger partial charge in [-0.3, -0.25) is 0 Å². The molecule has 2 nitrogen and oxygen atoms in total. The lowest BCUT2D eigenvalue weighted by molar-refractivity contribution is 0.233. The monoisotopic (exact) mass is 337 g/mol. The fourth-order valence-corrected chi connectivity index (χ4v) is 3.39. The number of benzene rings is 2. The molecule has 0 bridgehead atoms. The van der Waals surface area contributed by atoms with Crippen LogP contribution in [-0.4, -0.2) is 32.0 Å². The van der Waals surface area contributed by atoms with E-state index in [-0.39, 0.29) is 13.2 Å². The maximum Gasteiger partial charge on any atom is 0.128 e. The SMILES string of the molecule is [2H]C([2H])([2H])N(CCOC1=Cc2ccccc2Sc2ccc(Cl)cc21)C([2H])([2H])[2H]. The van der Waals surface area contributed by atoms with E-state index in [0.717, 1.165) is 20.9 Å². The van der Waals surface area contributed by atoms with Gasteiger partial charge >= 0.3 is 0 Å². The molecular formula is C18H18ClNOS. The van der Waals surface area contributed by atoms with Crippen LogP contribution in [0.4, 0.5) is 0 Å². The number of likely N-dealkylation sites (N-methyl/N-ethyl adjacent to an activating group) is 1. The van der Waals surface area contributed by atoms with Gasteiger partial charge in [-0.25, -0.2) is 0 Å². The van der Waals surface area contributed by atoms with E-state index in [1.165, 1.54) is 0 Å². The van der Waals surface area contributed by atoms with Gasteiger partial charge in [-0.1, -0.05) is 41.6 Å². The summed E-state index contributed by atoms with van der Waals surface area (Å²) in [5, 5.41) is 0.548. The first-order chi connectivity index (χ1) is 13.1. The number of nitrogens with zero attached hydrogens (tertiary/aromatic N) is 1. The lowest BCUT2D eigenvalue weighted by Gasteiger charge is -2.15. The van der Waals surface area contributed by atoms with Gasteiger partial charge in [-0.15, -0.1) is 0 Å². The molecule has 0 aliphatic carbocycles. The Morgan fingerprint density at radius 2 is 2.05 bits per heavy atom. The minimum absolute atomic E-state index is 0.0958. The van der Waals surface area contributed by atoms with E-state index < -0.39 is 14.0 Å². The highest BCUT2D eigenvalue weighted by atomic mass is 35.5. The molecule has 4 heteroatoms. The first kappa shape index (κ1) is 9.66. The van der Waals surface area contributed by atoms with Crippen molar-refractivity contribution in [2.75, 3.05) is 27.1 Å². The average Bonchev–Trinajstić information content (AvgIpc) is 2.73. The maximum atomic E-state index is 7.45. The highest BCUT2D eigenvalue weighted by Gasteiger charge is 2.17. The summed E-state index contributed by atoms with van der Waals surface area (Å²) in [5.74, 6) is 0.519. The lowest BCUT2D eigenvalue weighted by Crippen LogP contribution is -2.17. The molecule has 22 heavy (non-hydrogen) atoms. The first-order valence-corrected chi connectivity index (χ1v) is 7.94. The van der Waals surface area contributed by atoms with Crippen LogP contribution in [-0.2, 0) is 4.74 Å². The molecule has 0 spiro atoms. The van der Waals surface area contributed by atoms with Crippen molar-refractivity contribution in [2.45, 2.75) is 9.79 Å². The van der Waals surface area contributed by atoms with Crippen LogP contribution in [0.5, 0.6) is 0 Å². The summed E-state index contributed by atoms with van der Waals surface area (Å²) in [6, 6.07) is 13.3. The van der Waals surface area contributed by atoms with Gasteiger partial charge in [0.25, 0.3) is 0 Å². The first-order valence-electron chi connectivity index (χ1n) is 9.75. The van der Waals surface area contributed by atoms with Crippen molar-refractivity contribution >= 4 is 35.2 Å². The Morgan fingerprint density at radius 3 is 2.91 bits per heavy atom. The topological polar surface area (TPSA) is 12.5 Å². The average molecular weight is 338 g/mol. The Bertz CT molecular complexity index is 882. The van der Waals surface area contributed by atoms with Crippen molar-refractivity contribution in [1.29, 1.82) is 0 Å². The van der Waals surface area contributed by atoms with E-state index in [2.05, 4.69) is 0 Å². The molecule has 1 aliphatic rings. The summed E-state index contributed by atoms with van der Waals surface area (Å²) in [5.41, 5.74) is 1.74. The number of fused-ring (bicyclic) bond motifs is 2. The zero-order valence-corrected chi connectivity index (χ0v) is 13.2. The van der Waals surface area contributed by atoms with E-state index in [9.17, 15) is 0 Å². The molecule has 0 unspecified atom stereocenters. The summed E-state index contributed by atoms with van der Waals surface area (Å²) in [4.78, 5) is 2.49. The molecule has 0 fully saturated rings. The Labute approximate surface area is 149 Å². The number of hydrogen-bond donors (Lipinski definition) is 0. The predicted molar refractivity (Wildman–Crippen MR) is 94.4 cm³/mol. The van der Waals surface area contributed by atoms with Gasteiger partial charge in [0.05, 0.1) is 0 Å². The molecule has 0 saturated heterocycles. The molecule has 0 atom stereocenters. The molecule has 0 amide bonds. The number of hydrogen-bond acceptors (Lipinski definition) is 3. The van der Waals surface area contributed by atoms with Crippen LogP contribution in [0.25, 0.3) is 11.8 Å². The molecule has 114 valence electrons. The summed E-state index contributed by atoms with van der Waals surface area (Å²) < 4.78 is 50.6. The van der Waals surface area contributed by atoms with Crippen LogP contribution in [0.1, 0.15) is 19.4 Å². The Morgan fingerprint density at radius 1 is 1.18 bits per heavy atom. The Kier molecular flexibility index (Phi) is 2.98. The van der Waals surface area contributed by atoms with Crippen LogP contribution < -0.4 is 0 Å². The van der Waals surface area contributed by atoms with Gasteiger partial charge in [-0.05, 0) is 49.9 Å². The van der Waals surface area contributed by atoms with E-state index >= 15 is 0 Å². The van der Waals surface area contributed by atoms with E-state index in [1.54, 1.807) is 23.9 Å². The molecule has 0 N–H and O–H groups in total. The Hall–Kier alpha value is -1.42. The quantitative estimate of drug-likeness (QED) is 0.788. The van der Waals surface area contributed by atoms with Crippen LogP contribution in [0.3, 0.4) is 0 Å². The molecule has 0 radical (unpaired) electrons. The zero-order chi connectivity index (χ0) is 20.5. The second kappa shape index (κ2) is 6.78. The van der Waals surface area contributed by atoms with E-state index in [0.29, 0.717) is 15.7 Å². The molecule has 0 aromatic heterocycles. The van der Waals surface area contributed by atoms with Crippen LogP contribution >= 0.6 is 23.4 Å². The largest absolute Gasteiger partial charge is 0.492 e. The van der Waals surface area contributed by atoms with Gasteiger partial charge in [0.1, 0.15) is 12.4 Å². The Balaban J connectivity index is 1.88. The molecule has 3 rings (SSSR count). The number of rotatable bonds is 4. The van der Waals surface area contributed by atoms with Crippen molar-refractivity contribution in [3.05, 3.63) is 58.6 Å². The van der Waals surface area contributed by atoms with Crippen molar-refractivity contribution in [3.8, 4) is 0 Å². The highest BCUT2D eigenvalue weighted by molar-refractivity contribution is 7.99. The minimum atomic E-state index is -2.74. The minimum Gasteiger partial charge on any atom is -0.492 e. The van der Waals surface area contributed by atoms with Crippen LogP contribution in [0.15, 0.2) is 52.3 Å². The normalized spacial score (nSPS) is 18.4. The summed E-state index contributed by atoms with van der Waals surface area (Å²) >= 11 is 7.74. The predicted octanol–water partition coefficient (Wildman–Crippen LogP) is 4.88. The van der Waals surface area contributed by atoms with E-state index in [1.807, 2.05) is 36.4 Å². The third kappa shape index (κ3) is 3.49. The van der Waals surface area contributed by atoms with Gasteiger partial charge in [0.15, 0.2) is 0 Å². The van der Waals surface area contributed by atoms with Crippen molar-refractivity contribution in [1.82, 2.24) is 4.90 Å². The second-order valence-corrected chi connectivity index (χ2v) is 6.31. The third-order valence-electron chi connectivity index (χ3n) is 3.21. The van der Waals surface area contributed by atoms with Gasteiger partial charge < -0.3 is 9.64 Å². The second-order valence-electron chi connectivity index (χ2n) is 4.79. The molecule has 1 heterocycles. The smallest absolute Gasteiger partial charge is 0.128 e. The van der Waals surface area contributed by atoms with Crippen molar-refractivity contribution in [2.24, 2.45) is 0 Å². The van der Waals surface area contributed by atoms with Gasteiger partial charge in [0, 0.05) is 35.1 Å². The summed E-state index contributed by atoms with van der Waals surface area (Å²) in [6.45, 7) is -5.84. The zero-order valence-electron chi connectivity index (χ0n) is 17.7. The summed E-state index contributed by atoms with van der Waals surface area (Å²) in [7, 11) is 0. The van der Waals surface area contributed by atoms with E-state index in [4.69, 9.17) is 24.6 Å². The molecule has 2 aromatic carbocycles. The fourth-order valence-electron chi connectivity index (χ4n) is 2.18. The molecule has 2 aromatic rings.